The molecule has 0 saturated carbocycles. The first-order valence-corrected chi connectivity index (χ1v) is 17.5. The SMILES string of the molecule is CCOCCOCCOc1ccc(CCC[C@@H](C(=O)O)N2CCN([C@H](CO)C(=O)O)CCN([C@H](CO)C(=O)O)CCN([C@@H](CO)C(=O)O)CC2)cc1.[Gd]. The summed E-state index contributed by atoms with van der Waals surface area (Å²) in [5, 5.41) is 69.5. The molecule has 1 aromatic rings. The molecule has 0 amide bonds. The molecular formula is C34H56GdN4O14. The van der Waals surface area contributed by atoms with Gasteiger partial charge >= 0.3 is 23.9 Å². The third-order valence-corrected chi connectivity index (χ3v) is 9.06. The summed E-state index contributed by atoms with van der Waals surface area (Å²) in [6.45, 7) is 1.81. The molecule has 0 unspecified atom stereocenters. The second kappa shape index (κ2) is 27.4. The van der Waals surface area contributed by atoms with Crippen LogP contribution in [-0.2, 0) is 35.1 Å². The Morgan fingerprint density at radius 3 is 1.30 bits per heavy atom. The Morgan fingerprint density at radius 1 is 0.585 bits per heavy atom. The molecule has 0 aromatic heterocycles. The van der Waals surface area contributed by atoms with Crippen LogP contribution in [0.3, 0.4) is 0 Å². The van der Waals surface area contributed by atoms with Gasteiger partial charge in [-0.3, -0.25) is 38.8 Å². The minimum absolute atomic E-state index is 0. The molecule has 53 heavy (non-hydrogen) atoms. The summed E-state index contributed by atoms with van der Waals surface area (Å²) in [6, 6.07) is 2.29. The van der Waals surface area contributed by atoms with Gasteiger partial charge in [-0.15, -0.1) is 0 Å². The van der Waals surface area contributed by atoms with Crippen LogP contribution in [0.5, 0.6) is 5.75 Å². The Morgan fingerprint density at radius 2 is 0.943 bits per heavy atom. The molecule has 1 aliphatic rings. The molecule has 0 bridgehead atoms. The Labute approximate surface area is 341 Å². The van der Waals surface area contributed by atoms with E-state index in [9.17, 15) is 54.9 Å². The van der Waals surface area contributed by atoms with Crippen LogP contribution in [0.15, 0.2) is 24.3 Å². The summed E-state index contributed by atoms with van der Waals surface area (Å²) < 4.78 is 16.4. The van der Waals surface area contributed by atoms with Crippen molar-refractivity contribution in [3.8, 4) is 5.75 Å². The molecule has 2 rings (SSSR count). The van der Waals surface area contributed by atoms with E-state index in [2.05, 4.69) is 0 Å². The second-order valence-electron chi connectivity index (χ2n) is 12.3. The number of nitrogens with zero attached hydrogens (tertiary/aromatic N) is 4. The van der Waals surface area contributed by atoms with Crippen molar-refractivity contribution >= 4 is 23.9 Å². The van der Waals surface area contributed by atoms with Crippen molar-refractivity contribution in [3.05, 3.63) is 29.8 Å². The van der Waals surface area contributed by atoms with Crippen LogP contribution in [0.1, 0.15) is 25.3 Å². The maximum Gasteiger partial charge on any atom is 0.323 e. The minimum Gasteiger partial charge on any atom is -0.491 e. The first kappa shape index (κ1) is 48.9. The topological polar surface area (TPSA) is 251 Å². The van der Waals surface area contributed by atoms with Crippen molar-refractivity contribution in [3.63, 3.8) is 0 Å². The summed E-state index contributed by atoms with van der Waals surface area (Å²) in [5.74, 6) is -4.43. The third-order valence-electron chi connectivity index (χ3n) is 9.06. The molecule has 1 heterocycles. The van der Waals surface area contributed by atoms with Crippen molar-refractivity contribution in [2.75, 3.05) is 105 Å². The van der Waals surface area contributed by atoms with Crippen molar-refractivity contribution in [1.29, 1.82) is 0 Å². The van der Waals surface area contributed by atoms with Gasteiger partial charge in [0.25, 0.3) is 0 Å². The van der Waals surface area contributed by atoms with Crippen LogP contribution < -0.4 is 4.74 Å². The summed E-state index contributed by atoms with van der Waals surface area (Å²) in [6.07, 6.45) is 1.24. The van der Waals surface area contributed by atoms with E-state index in [-0.39, 0.29) is 98.7 Å². The van der Waals surface area contributed by atoms with Gasteiger partial charge in [0.15, 0.2) is 0 Å². The number of carbonyl (C=O) groups is 4. The first-order valence-electron chi connectivity index (χ1n) is 17.5. The number of hydrogen-bond acceptors (Lipinski definition) is 14. The number of ether oxygens (including phenoxy) is 3. The predicted molar refractivity (Wildman–Crippen MR) is 185 cm³/mol. The Hall–Kier alpha value is -2.14. The predicted octanol–water partition coefficient (Wildman–Crippen LogP) is -1.55. The Kier molecular flexibility index (Phi) is 25.3. The van der Waals surface area contributed by atoms with Crippen molar-refractivity contribution in [2.45, 2.75) is 50.4 Å². The van der Waals surface area contributed by atoms with Gasteiger partial charge in [-0.05, 0) is 43.9 Å². The van der Waals surface area contributed by atoms with E-state index in [4.69, 9.17) is 14.2 Å². The monoisotopic (exact) mass is 902 g/mol. The standard InChI is InChI=1S/C34H56N4O14.Gd/c1-2-50-18-19-51-20-21-52-26-8-6-25(7-9-26)4-3-5-27(31(42)43)35-10-12-36(28(22-39)32(44)45)14-16-38(30(24-41)34(48)49)17-15-37(13-11-35)29(23-40)33(46)47;/h6-9,27-30,39-41H,2-5,10-24H2,1H3,(H,42,43)(H,44,45)(H,46,47)(H,48,49);/t27-,28-,29+,30+;/m0./s1. The zero-order chi connectivity index (χ0) is 38.5. The van der Waals surface area contributed by atoms with Gasteiger partial charge in [0.1, 0.15) is 36.5 Å². The van der Waals surface area contributed by atoms with Crippen LogP contribution in [0.2, 0.25) is 0 Å². The zero-order valence-electron chi connectivity index (χ0n) is 30.2. The van der Waals surface area contributed by atoms with Crippen molar-refractivity contribution < 1.29 is 109 Å². The number of aliphatic hydroxyl groups is 3. The van der Waals surface area contributed by atoms with Gasteiger partial charge in [-0.2, -0.15) is 0 Å². The molecule has 304 valence electrons. The normalized spacial score (nSPS) is 18.0. The number of carboxylic acids is 4. The molecule has 0 spiro atoms. The van der Waals surface area contributed by atoms with Gasteiger partial charge < -0.3 is 50.0 Å². The quantitative estimate of drug-likeness (QED) is 0.0615. The molecule has 7 N–H and O–H groups in total. The zero-order valence-corrected chi connectivity index (χ0v) is 32.5. The molecule has 1 aromatic carbocycles. The summed E-state index contributed by atoms with van der Waals surface area (Å²) in [4.78, 5) is 54.6. The van der Waals surface area contributed by atoms with E-state index in [1.807, 2.05) is 31.2 Å². The number of rotatable bonds is 23. The average molecular weight is 902 g/mol. The maximum absolute atomic E-state index is 12.7. The number of aryl methyl sites for hydroxylation is 1. The average Bonchev–Trinajstić information content (AvgIpc) is 3.10. The van der Waals surface area contributed by atoms with E-state index in [0.717, 1.165) is 5.56 Å². The number of aliphatic hydroxyl groups excluding tert-OH is 3. The molecule has 0 aliphatic carbocycles. The molecule has 1 saturated heterocycles. The van der Waals surface area contributed by atoms with Gasteiger partial charge in [-0.1, -0.05) is 12.1 Å². The van der Waals surface area contributed by atoms with Crippen molar-refractivity contribution in [1.82, 2.24) is 19.6 Å². The molecule has 18 nitrogen and oxygen atoms in total. The number of benzene rings is 1. The van der Waals surface area contributed by atoms with Gasteiger partial charge in [-0.25, -0.2) is 0 Å². The van der Waals surface area contributed by atoms with Crippen LogP contribution in [0, 0.1) is 39.9 Å². The smallest absolute Gasteiger partial charge is 0.323 e. The van der Waals surface area contributed by atoms with Gasteiger partial charge in [0, 0.05) is 98.9 Å². The van der Waals surface area contributed by atoms with Gasteiger partial charge in [0.2, 0.25) is 0 Å². The largest absolute Gasteiger partial charge is 0.491 e. The minimum atomic E-state index is -1.38. The summed E-state index contributed by atoms with van der Waals surface area (Å²) in [5.41, 5.74) is 0.960. The van der Waals surface area contributed by atoms with E-state index in [1.54, 1.807) is 4.90 Å². The van der Waals surface area contributed by atoms with E-state index in [0.29, 0.717) is 51.6 Å². The summed E-state index contributed by atoms with van der Waals surface area (Å²) >= 11 is 0. The molecular weight excluding hydrogens is 846 g/mol. The molecule has 4 atom stereocenters. The second-order valence-corrected chi connectivity index (χ2v) is 12.3. The number of aliphatic carboxylic acids is 4. The van der Waals surface area contributed by atoms with Crippen LogP contribution in [0.25, 0.3) is 0 Å². The summed E-state index contributed by atoms with van der Waals surface area (Å²) in [7, 11) is 0. The maximum atomic E-state index is 12.7. The molecule has 1 fully saturated rings. The van der Waals surface area contributed by atoms with Crippen LogP contribution in [-0.4, -0.2) is 209 Å². The molecule has 19 heteroatoms. The van der Waals surface area contributed by atoms with Crippen molar-refractivity contribution in [2.24, 2.45) is 0 Å². The molecule has 0 radical (unpaired) electrons. The fraction of sp³-hybridized carbons (Fsp3) is 0.706. The number of carboxylic acid groups (broad SMARTS) is 4. The first-order chi connectivity index (χ1) is 25.0. The third kappa shape index (κ3) is 17.5. The van der Waals surface area contributed by atoms with E-state index in [1.165, 1.54) is 14.7 Å². The Bertz CT molecular complexity index is 1180. The van der Waals surface area contributed by atoms with E-state index >= 15 is 0 Å². The molecule has 1 aliphatic heterocycles. The fourth-order valence-electron chi connectivity index (χ4n) is 6.07. The van der Waals surface area contributed by atoms with Crippen LogP contribution in [0.4, 0.5) is 0 Å². The number of hydrogen-bond donors (Lipinski definition) is 7. The van der Waals surface area contributed by atoms with E-state index < -0.39 is 67.9 Å². The Balaban J connectivity index is 0.0000140. The van der Waals surface area contributed by atoms with Gasteiger partial charge in [0.05, 0.1) is 39.6 Å². The fourth-order valence-corrected chi connectivity index (χ4v) is 6.07. The van der Waals surface area contributed by atoms with Crippen LogP contribution >= 0.6 is 0 Å².